The third-order valence-corrected chi connectivity index (χ3v) is 3.15. The molecule has 0 saturated heterocycles. The van der Waals surface area contributed by atoms with E-state index in [1.54, 1.807) is 0 Å². The third-order valence-electron chi connectivity index (χ3n) is 2.41. The fourth-order valence-electron chi connectivity index (χ4n) is 1.73. The van der Waals surface area contributed by atoms with Crippen molar-refractivity contribution in [3.05, 3.63) is 45.9 Å². The topological polar surface area (TPSA) is 9.23 Å². The molecule has 0 fully saturated rings. The fourth-order valence-corrected chi connectivity index (χ4v) is 2.25. The maximum Gasteiger partial charge on any atom is -1.00 e. The normalized spacial score (nSPS) is 13.1. The van der Waals surface area contributed by atoms with Gasteiger partial charge in [0.25, 0.3) is 0 Å². The Morgan fingerprint density at radius 2 is 1.94 bits per heavy atom. The predicted octanol–water partition coefficient (Wildman–Crippen LogP) is -2.69. The molecule has 0 bridgehead atoms. The average Bonchev–Trinajstić information content (AvgIpc) is 2.66. The van der Waals surface area contributed by atoms with E-state index in [1.807, 2.05) is 19.1 Å². The minimum Gasteiger partial charge on any atom is -1.00 e. The van der Waals surface area contributed by atoms with Crippen molar-refractivity contribution in [3.63, 3.8) is 0 Å². The monoisotopic (exact) mass is 303 g/mol. The molecule has 0 heterocycles. The summed E-state index contributed by atoms with van der Waals surface area (Å²) in [6.07, 6.45) is 5.45. The molecule has 0 unspecified atom stereocenters. The molecule has 0 aromatic heterocycles. The molecule has 0 aliphatic heterocycles. The second-order valence-corrected chi connectivity index (χ2v) is 4.37. The number of benzene rings is 1. The van der Waals surface area contributed by atoms with E-state index in [-0.39, 0.29) is 24.8 Å². The van der Waals surface area contributed by atoms with Crippen molar-refractivity contribution < 1.29 is 50.0 Å². The second kappa shape index (κ2) is 7.99. The van der Waals surface area contributed by atoms with Crippen molar-refractivity contribution in [2.75, 3.05) is 6.61 Å². The Morgan fingerprint density at radius 1 is 1.24 bits per heavy atom. The van der Waals surface area contributed by atoms with Gasteiger partial charge in [0, 0.05) is 0 Å². The van der Waals surface area contributed by atoms with Gasteiger partial charge in [0.15, 0.2) is 0 Å². The summed E-state index contributed by atoms with van der Waals surface area (Å²) in [5.41, 5.74) is 2.53. The molecule has 0 amide bonds. The molecule has 89 valence electrons. The number of para-hydroxylation sites is 1. The molecule has 0 N–H and O–H groups in total. The molecule has 1 aliphatic carbocycles. The Balaban J connectivity index is 0.00000128. The predicted molar refractivity (Wildman–Crippen MR) is 58.3 cm³/mol. The van der Waals surface area contributed by atoms with Crippen LogP contribution in [0.2, 0.25) is 0 Å². The van der Waals surface area contributed by atoms with E-state index >= 15 is 0 Å². The molecule has 0 spiro atoms. The maximum atomic E-state index is 5.63. The molecule has 1 aromatic rings. The second-order valence-electron chi connectivity index (χ2n) is 3.43. The summed E-state index contributed by atoms with van der Waals surface area (Å²) in [6, 6.07) is 8.23. The first-order chi connectivity index (χ1) is 7.33. The van der Waals surface area contributed by atoms with Gasteiger partial charge in [0.05, 0.1) is 0 Å². The van der Waals surface area contributed by atoms with Crippen molar-refractivity contribution in [1.29, 1.82) is 0 Å². The minimum atomic E-state index is 0. The number of halogens is 2. The summed E-state index contributed by atoms with van der Waals surface area (Å²) in [7, 11) is 0. The van der Waals surface area contributed by atoms with Crippen molar-refractivity contribution in [3.8, 4) is 5.75 Å². The van der Waals surface area contributed by atoms with E-state index < -0.39 is 0 Å². The number of hydrogen-bond donors (Lipinski definition) is 0. The Kier molecular flexibility index (Phi) is 7.90. The summed E-state index contributed by atoms with van der Waals surface area (Å²) in [5, 5.41) is 0. The maximum absolute atomic E-state index is 5.63. The van der Waals surface area contributed by atoms with Crippen LogP contribution in [-0.4, -0.2) is 6.61 Å². The van der Waals surface area contributed by atoms with Crippen LogP contribution in [0.15, 0.2) is 40.3 Å². The molecule has 1 aromatic carbocycles. The van der Waals surface area contributed by atoms with Gasteiger partial charge in [-0.2, -0.15) is 0 Å². The first-order valence-electron chi connectivity index (χ1n) is 5.16. The van der Waals surface area contributed by atoms with E-state index in [1.165, 1.54) is 15.0 Å². The van der Waals surface area contributed by atoms with Gasteiger partial charge in [0.2, 0.25) is 0 Å². The minimum absolute atomic E-state index is 0. The zero-order valence-corrected chi connectivity index (χ0v) is 12.6. The molecule has 0 saturated carbocycles. The summed E-state index contributed by atoms with van der Waals surface area (Å²) in [6.45, 7) is 2.73. The van der Waals surface area contributed by atoms with Crippen LogP contribution in [0.1, 0.15) is 18.9 Å². The van der Waals surface area contributed by atoms with Crippen LogP contribution in [0.5, 0.6) is 5.75 Å². The number of ether oxygens (including phenoxy) is 1. The molecule has 17 heavy (non-hydrogen) atoms. The zero-order valence-electron chi connectivity index (χ0n) is 9.54. The van der Waals surface area contributed by atoms with Gasteiger partial charge in [-0.25, -0.2) is 0 Å². The van der Waals surface area contributed by atoms with Gasteiger partial charge in [-0.3, -0.25) is 0 Å². The van der Waals surface area contributed by atoms with E-state index in [9.17, 15) is 0 Å². The standard InChI is InChI=1S/C13H13O.2ClH.Ti/c1-2-14-13-10-6-5-9-12(13)11-7-3-4-8-11;;;/h3,5-7,9-10H,2,4H2,1H3;2*1H;/q;;;+2/p-2. The van der Waals surface area contributed by atoms with E-state index in [0.717, 1.165) is 12.2 Å². The average molecular weight is 304 g/mol. The van der Waals surface area contributed by atoms with Crippen molar-refractivity contribution in [1.82, 2.24) is 0 Å². The Morgan fingerprint density at radius 3 is 2.53 bits per heavy atom. The first kappa shape index (κ1) is 16.8. The van der Waals surface area contributed by atoms with Crippen LogP contribution >= 0.6 is 0 Å². The summed E-state index contributed by atoms with van der Waals surface area (Å²) in [4.78, 5) is 0. The number of hydrogen-bond acceptors (Lipinski definition) is 1. The Hall–Kier alpha value is -0.206. The summed E-state index contributed by atoms with van der Waals surface area (Å²) >= 11 is 2.18. The molecule has 1 nitrogen and oxygen atoms in total. The van der Waals surface area contributed by atoms with Crippen LogP contribution < -0.4 is 29.6 Å². The largest absolute Gasteiger partial charge is 1.00 e. The van der Waals surface area contributed by atoms with Crippen LogP contribution in [0.4, 0.5) is 0 Å². The van der Waals surface area contributed by atoms with Gasteiger partial charge in [-0.05, 0) is 0 Å². The third kappa shape index (κ3) is 3.89. The molecule has 1 aliphatic rings. The molecule has 4 heteroatoms. The van der Waals surface area contributed by atoms with Crippen molar-refractivity contribution in [2.24, 2.45) is 0 Å². The van der Waals surface area contributed by atoms with Gasteiger partial charge in [-0.15, -0.1) is 0 Å². The van der Waals surface area contributed by atoms with E-state index in [0.29, 0.717) is 6.61 Å². The summed E-state index contributed by atoms with van der Waals surface area (Å²) in [5.74, 6) is 0.987. The van der Waals surface area contributed by atoms with Gasteiger partial charge < -0.3 is 24.8 Å². The quantitative estimate of drug-likeness (QED) is 0.553. The number of allylic oxidation sites excluding steroid dienone is 4. The molecule has 0 atom stereocenters. The fraction of sp³-hybridized carbons (Fsp3) is 0.231. The zero-order chi connectivity index (χ0) is 10.7. The molecular weight excluding hydrogens is 291 g/mol. The van der Waals surface area contributed by atoms with Crippen LogP contribution in [-0.2, 0) is 20.4 Å². The van der Waals surface area contributed by atoms with Crippen molar-refractivity contribution >= 4 is 5.57 Å². The van der Waals surface area contributed by atoms with Crippen LogP contribution in [0, 0.1) is 0 Å². The van der Waals surface area contributed by atoms with E-state index in [4.69, 9.17) is 4.74 Å². The smallest absolute Gasteiger partial charge is 1.00 e. The summed E-state index contributed by atoms with van der Waals surface area (Å²) < 4.78 is 7.05. The van der Waals surface area contributed by atoms with Crippen molar-refractivity contribution in [2.45, 2.75) is 13.3 Å². The van der Waals surface area contributed by atoms with Gasteiger partial charge >= 0.3 is 102 Å². The first-order valence-corrected chi connectivity index (χ1v) is 5.94. The SMILES string of the molecule is CCOc1ccccc1C1=[C]([Ti+2])CC=C1.[Cl-].[Cl-]. The van der Waals surface area contributed by atoms with Gasteiger partial charge in [0.1, 0.15) is 0 Å². The van der Waals surface area contributed by atoms with E-state index in [2.05, 4.69) is 44.7 Å². The Labute approximate surface area is 127 Å². The molecular formula is C13H13Cl2OTi. The van der Waals surface area contributed by atoms with Crippen LogP contribution in [0.3, 0.4) is 0 Å². The number of rotatable bonds is 3. The van der Waals surface area contributed by atoms with Gasteiger partial charge in [-0.1, -0.05) is 0 Å². The van der Waals surface area contributed by atoms with Crippen LogP contribution in [0.25, 0.3) is 5.57 Å². The molecule has 0 radical (unpaired) electrons. The molecule has 2 rings (SSSR count). The Bertz CT molecular complexity index is 427.